The fourth-order valence-corrected chi connectivity index (χ4v) is 2.28. The first-order valence-electron chi connectivity index (χ1n) is 6.87. The van der Waals surface area contributed by atoms with E-state index in [2.05, 4.69) is 5.32 Å². The Morgan fingerprint density at radius 2 is 2.10 bits per heavy atom. The van der Waals surface area contributed by atoms with E-state index < -0.39 is 6.04 Å². The van der Waals surface area contributed by atoms with Crippen molar-refractivity contribution >= 4 is 17.6 Å². The fraction of sp³-hybridized carbons (Fsp3) is 0.467. The van der Waals surface area contributed by atoms with Crippen LogP contribution in [0.3, 0.4) is 0 Å². The van der Waals surface area contributed by atoms with Crippen molar-refractivity contribution in [2.24, 2.45) is 0 Å². The summed E-state index contributed by atoms with van der Waals surface area (Å²) in [5.74, 6) is -0.478. The van der Waals surface area contributed by atoms with Gasteiger partial charge in [-0.3, -0.25) is 14.5 Å². The molecule has 0 aliphatic carbocycles. The summed E-state index contributed by atoms with van der Waals surface area (Å²) in [6.45, 7) is 5.79. The number of morpholine rings is 1. The summed E-state index contributed by atoms with van der Waals surface area (Å²) in [5.41, 5.74) is 1.88. The third kappa shape index (κ3) is 3.57. The average molecular weight is 276 g/mol. The maximum absolute atomic E-state index is 12.0. The molecule has 1 aromatic rings. The second kappa shape index (κ2) is 6.52. The fourth-order valence-electron chi connectivity index (χ4n) is 2.28. The molecule has 0 spiro atoms. The molecule has 1 heterocycles. The Bertz CT molecular complexity index is 484. The van der Waals surface area contributed by atoms with Crippen LogP contribution in [0.25, 0.3) is 0 Å². The standard InChI is InChI=1S/C15H20N2O3/c1-3-17-8-9-20-15(19)13(17)10-14(18)16-12-6-4-11(2)5-7-12/h4-7,13H,3,8-10H2,1-2H3,(H,16,18). The zero-order chi connectivity index (χ0) is 14.5. The second-order valence-electron chi connectivity index (χ2n) is 4.93. The Hall–Kier alpha value is -1.88. The first kappa shape index (κ1) is 14.5. The number of likely N-dealkylation sites (N-methyl/N-ethyl adjacent to an activating group) is 1. The van der Waals surface area contributed by atoms with Gasteiger partial charge in [0.25, 0.3) is 0 Å². The highest BCUT2D eigenvalue weighted by molar-refractivity contribution is 5.94. The number of nitrogens with zero attached hydrogens (tertiary/aromatic N) is 1. The van der Waals surface area contributed by atoms with Crippen molar-refractivity contribution in [3.8, 4) is 0 Å². The number of anilines is 1. The molecule has 1 aliphatic heterocycles. The van der Waals surface area contributed by atoms with Crippen LogP contribution in [-0.2, 0) is 14.3 Å². The molecule has 0 aromatic heterocycles. The van der Waals surface area contributed by atoms with Crippen LogP contribution >= 0.6 is 0 Å². The molecule has 1 unspecified atom stereocenters. The number of carbonyl (C=O) groups is 2. The molecule has 108 valence electrons. The molecular formula is C15H20N2O3. The molecule has 5 nitrogen and oxygen atoms in total. The summed E-state index contributed by atoms with van der Waals surface area (Å²) in [6, 6.07) is 7.10. The van der Waals surface area contributed by atoms with Gasteiger partial charge in [0.15, 0.2) is 0 Å². The quantitative estimate of drug-likeness (QED) is 0.848. The molecule has 1 saturated heterocycles. The van der Waals surface area contributed by atoms with Crippen molar-refractivity contribution in [1.82, 2.24) is 4.90 Å². The van der Waals surface area contributed by atoms with Gasteiger partial charge in [-0.2, -0.15) is 0 Å². The van der Waals surface area contributed by atoms with Crippen molar-refractivity contribution in [2.45, 2.75) is 26.3 Å². The highest BCUT2D eigenvalue weighted by atomic mass is 16.5. The number of hydrogen-bond acceptors (Lipinski definition) is 4. The van der Waals surface area contributed by atoms with Crippen LogP contribution in [0, 0.1) is 6.92 Å². The average Bonchev–Trinajstić information content (AvgIpc) is 2.43. The van der Waals surface area contributed by atoms with E-state index in [4.69, 9.17) is 4.74 Å². The number of cyclic esters (lactones) is 1. The van der Waals surface area contributed by atoms with Gasteiger partial charge in [0.1, 0.15) is 12.6 Å². The lowest BCUT2D eigenvalue weighted by molar-refractivity contribution is -0.158. The lowest BCUT2D eigenvalue weighted by Gasteiger charge is -2.32. The maximum Gasteiger partial charge on any atom is 0.323 e. The van der Waals surface area contributed by atoms with Gasteiger partial charge in [0.05, 0.1) is 6.42 Å². The van der Waals surface area contributed by atoms with E-state index in [0.717, 1.165) is 17.8 Å². The van der Waals surface area contributed by atoms with Gasteiger partial charge in [0, 0.05) is 12.2 Å². The van der Waals surface area contributed by atoms with Gasteiger partial charge in [-0.25, -0.2) is 0 Å². The third-order valence-corrected chi connectivity index (χ3v) is 3.46. The Morgan fingerprint density at radius 1 is 1.40 bits per heavy atom. The summed E-state index contributed by atoms with van der Waals surface area (Å²) in [4.78, 5) is 25.8. The third-order valence-electron chi connectivity index (χ3n) is 3.46. The number of hydrogen-bond donors (Lipinski definition) is 1. The monoisotopic (exact) mass is 276 g/mol. The number of rotatable bonds is 4. The normalized spacial score (nSPS) is 19.5. The van der Waals surface area contributed by atoms with E-state index in [0.29, 0.717) is 13.2 Å². The topological polar surface area (TPSA) is 58.6 Å². The molecular weight excluding hydrogens is 256 g/mol. The van der Waals surface area contributed by atoms with E-state index in [1.165, 1.54) is 0 Å². The number of nitrogens with one attached hydrogen (secondary N) is 1. The van der Waals surface area contributed by atoms with Crippen LogP contribution < -0.4 is 5.32 Å². The van der Waals surface area contributed by atoms with Crippen molar-refractivity contribution in [1.29, 1.82) is 0 Å². The van der Waals surface area contributed by atoms with E-state index >= 15 is 0 Å². The van der Waals surface area contributed by atoms with E-state index in [1.54, 1.807) is 0 Å². The van der Waals surface area contributed by atoms with Crippen LogP contribution in [0.4, 0.5) is 5.69 Å². The zero-order valence-corrected chi connectivity index (χ0v) is 11.9. The molecule has 2 rings (SSSR count). The Balaban J connectivity index is 1.95. The van der Waals surface area contributed by atoms with Crippen LogP contribution in [0.2, 0.25) is 0 Å². The van der Waals surface area contributed by atoms with Gasteiger partial charge < -0.3 is 10.1 Å². The van der Waals surface area contributed by atoms with Gasteiger partial charge >= 0.3 is 5.97 Å². The van der Waals surface area contributed by atoms with E-state index in [-0.39, 0.29) is 18.3 Å². The summed E-state index contributed by atoms with van der Waals surface area (Å²) in [7, 11) is 0. The second-order valence-corrected chi connectivity index (χ2v) is 4.93. The molecule has 1 aliphatic rings. The first-order chi connectivity index (χ1) is 9.60. The maximum atomic E-state index is 12.0. The zero-order valence-electron chi connectivity index (χ0n) is 11.9. The summed E-state index contributed by atoms with van der Waals surface area (Å²) < 4.78 is 5.03. The van der Waals surface area contributed by atoms with Gasteiger partial charge in [0.2, 0.25) is 5.91 Å². The smallest absolute Gasteiger partial charge is 0.323 e. The number of carbonyl (C=O) groups excluding carboxylic acids is 2. The molecule has 0 bridgehead atoms. The molecule has 1 aromatic carbocycles. The van der Waals surface area contributed by atoms with Crippen molar-refractivity contribution in [3.63, 3.8) is 0 Å². The SMILES string of the molecule is CCN1CCOC(=O)C1CC(=O)Nc1ccc(C)cc1. The number of benzene rings is 1. The number of amides is 1. The summed E-state index contributed by atoms with van der Waals surface area (Å²) >= 11 is 0. The Kier molecular flexibility index (Phi) is 4.74. The highest BCUT2D eigenvalue weighted by Crippen LogP contribution is 2.14. The molecule has 5 heteroatoms. The van der Waals surface area contributed by atoms with Crippen molar-refractivity contribution in [2.75, 3.05) is 25.0 Å². The molecule has 1 amide bonds. The Morgan fingerprint density at radius 3 is 2.75 bits per heavy atom. The largest absolute Gasteiger partial charge is 0.463 e. The predicted octanol–water partition coefficient (Wildman–Crippen LogP) is 1.57. The highest BCUT2D eigenvalue weighted by Gasteiger charge is 2.32. The van der Waals surface area contributed by atoms with Crippen LogP contribution in [0.1, 0.15) is 18.9 Å². The molecule has 0 saturated carbocycles. The van der Waals surface area contributed by atoms with Crippen LogP contribution in [-0.4, -0.2) is 42.5 Å². The van der Waals surface area contributed by atoms with E-state index in [9.17, 15) is 9.59 Å². The molecule has 0 radical (unpaired) electrons. The minimum absolute atomic E-state index is 0.126. The predicted molar refractivity (Wildman–Crippen MR) is 76.4 cm³/mol. The lowest BCUT2D eigenvalue weighted by atomic mass is 10.1. The molecule has 1 N–H and O–H groups in total. The van der Waals surface area contributed by atoms with E-state index in [1.807, 2.05) is 43.0 Å². The van der Waals surface area contributed by atoms with Crippen molar-refractivity contribution < 1.29 is 14.3 Å². The molecule has 20 heavy (non-hydrogen) atoms. The van der Waals surface area contributed by atoms with Gasteiger partial charge in [-0.05, 0) is 25.6 Å². The van der Waals surface area contributed by atoms with Crippen LogP contribution in [0.15, 0.2) is 24.3 Å². The number of aryl methyl sites for hydroxylation is 1. The summed E-state index contributed by atoms with van der Waals surface area (Å²) in [5, 5.41) is 2.81. The van der Waals surface area contributed by atoms with Gasteiger partial charge in [-0.1, -0.05) is 24.6 Å². The number of esters is 1. The molecule has 1 fully saturated rings. The first-order valence-corrected chi connectivity index (χ1v) is 6.87. The number of ether oxygens (including phenoxy) is 1. The van der Waals surface area contributed by atoms with Gasteiger partial charge in [-0.15, -0.1) is 0 Å². The minimum Gasteiger partial charge on any atom is -0.463 e. The van der Waals surface area contributed by atoms with Crippen molar-refractivity contribution in [3.05, 3.63) is 29.8 Å². The summed E-state index contributed by atoms with van der Waals surface area (Å²) in [6.07, 6.45) is 0.126. The molecule has 1 atom stereocenters. The Labute approximate surface area is 118 Å². The van der Waals surface area contributed by atoms with Crippen LogP contribution in [0.5, 0.6) is 0 Å². The lowest BCUT2D eigenvalue weighted by Crippen LogP contribution is -2.50. The minimum atomic E-state index is -0.473.